The Kier molecular flexibility index (Phi) is 4.33. The van der Waals surface area contributed by atoms with Crippen molar-refractivity contribution in [1.29, 1.82) is 0 Å². The van der Waals surface area contributed by atoms with Gasteiger partial charge in [-0.25, -0.2) is 0 Å². The Morgan fingerprint density at radius 2 is 2.04 bits per heavy atom. The van der Waals surface area contributed by atoms with Gasteiger partial charge in [-0.3, -0.25) is 19.7 Å². The number of aldehydes is 1. The monoisotopic (exact) mass is 486 g/mol. The fourth-order valence-electron chi connectivity index (χ4n) is 2.42. The van der Waals surface area contributed by atoms with Crippen molar-refractivity contribution in [2.45, 2.75) is 13.8 Å². The minimum absolute atomic E-state index is 0.219. The highest BCUT2D eigenvalue weighted by molar-refractivity contribution is 14.1. The number of aromatic nitrogens is 1. The maximum atomic E-state index is 12.5. The number of nitrogens with one attached hydrogen (secondary N) is 1. The first-order chi connectivity index (χ1) is 10.9. The molecule has 0 unspecified atom stereocenters. The van der Waals surface area contributed by atoms with Crippen LogP contribution in [0.15, 0.2) is 33.2 Å². The van der Waals surface area contributed by atoms with Crippen LogP contribution in [0, 0.1) is 17.4 Å². The molecule has 2 heterocycles. The van der Waals surface area contributed by atoms with E-state index in [9.17, 15) is 9.59 Å². The Hall–Kier alpha value is -1.61. The smallest absolute Gasteiger partial charge is 0.305 e. The second kappa shape index (κ2) is 6.12. The lowest BCUT2D eigenvalue weighted by Gasteiger charge is -2.09. The van der Waals surface area contributed by atoms with Crippen LogP contribution in [-0.2, 0) is 0 Å². The number of nitrogens with zero attached hydrogens (tertiary/aromatic N) is 1. The number of halogens is 2. The summed E-state index contributed by atoms with van der Waals surface area (Å²) in [5.74, 6) is -0.149. The second-order valence-corrected chi connectivity index (χ2v) is 7.22. The van der Waals surface area contributed by atoms with Crippen LogP contribution < -0.4 is 5.43 Å². The highest BCUT2D eigenvalue weighted by Crippen LogP contribution is 2.28. The van der Waals surface area contributed by atoms with Crippen molar-refractivity contribution in [2.75, 3.05) is 5.43 Å². The molecule has 2 aromatic heterocycles. The molecule has 118 valence electrons. The maximum Gasteiger partial charge on any atom is 0.305 e. The number of carbonyl (C=O) groups excluding carboxylic acids is 2. The van der Waals surface area contributed by atoms with Crippen LogP contribution in [-0.4, -0.2) is 16.9 Å². The summed E-state index contributed by atoms with van der Waals surface area (Å²) in [7, 11) is 0. The zero-order valence-corrected chi connectivity index (χ0v) is 16.1. The van der Waals surface area contributed by atoms with E-state index < -0.39 is 0 Å². The summed E-state index contributed by atoms with van der Waals surface area (Å²) in [4.78, 5) is 23.4. The van der Waals surface area contributed by atoms with Gasteiger partial charge >= 0.3 is 5.91 Å². The van der Waals surface area contributed by atoms with Crippen LogP contribution in [0.5, 0.6) is 0 Å². The second-order valence-electron chi connectivity index (χ2n) is 5.14. The molecule has 0 saturated heterocycles. The summed E-state index contributed by atoms with van der Waals surface area (Å²) >= 11 is 5.59. The highest BCUT2D eigenvalue weighted by atomic mass is 127. The van der Waals surface area contributed by atoms with Crippen LogP contribution in [0.4, 0.5) is 0 Å². The average Bonchev–Trinajstić information content (AvgIpc) is 3.03. The summed E-state index contributed by atoms with van der Waals surface area (Å²) in [6.45, 7) is 3.59. The molecule has 0 radical (unpaired) electrons. The average molecular weight is 487 g/mol. The number of rotatable bonds is 3. The van der Waals surface area contributed by atoms with Gasteiger partial charge in [0.2, 0.25) is 0 Å². The van der Waals surface area contributed by atoms with E-state index in [2.05, 4.69) is 43.9 Å². The lowest BCUT2D eigenvalue weighted by atomic mass is 10.2. The largest absolute Gasteiger partial charge is 0.450 e. The molecule has 0 fully saturated rings. The molecule has 0 aliphatic carbocycles. The molecule has 5 nitrogen and oxygen atoms in total. The minimum Gasteiger partial charge on any atom is -0.450 e. The van der Waals surface area contributed by atoms with Crippen LogP contribution in [0.25, 0.3) is 11.0 Å². The van der Waals surface area contributed by atoms with Gasteiger partial charge in [0.15, 0.2) is 12.0 Å². The van der Waals surface area contributed by atoms with Gasteiger partial charge < -0.3 is 4.42 Å². The van der Waals surface area contributed by atoms with Crippen molar-refractivity contribution in [2.24, 2.45) is 0 Å². The lowest BCUT2D eigenvalue weighted by molar-refractivity contribution is 0.0982. The zero-order chi connectivity index (χ0) is 16.7. The molecule has 0 bridgehead atoms. The zero-order valence-electron chi connectivity index (χ0n) is 12.3. The summed E-state index contributed by atoms with van der Waals surface area (Å²) in [6, 6.07) is 7.24. The topological polar surface area (TPSA) is 64.2 Å². The fourth-order valence-corrected chi connectivity index (χ4v) is 4.08. The van der Waals surface area contributed by atoms with Gasteiger partial charge in [-0.2, -0.15) is 0 Å². The number of fused-ring (bicyclic) bond motifs is 1. The van der Waals surface area contributed by atoms with E-state index in [0.29, 0.717) is 16.8 Å². The standard InChI is InChI=1S/C16H12BrIN2O3/c1-8-3-11(7-21)9(2)20(8)19-16(22)14-5-10-4-12(17)6-13(18)15(10)23-14/h3-7H,1-2H3,(H,19,22). The molecule has 7 heteroatoms. The van der Waals surface area contributed by atoms with E-state index in [1.54, 1.807) is 23.7 Å². The quantitative estimate of drug-likeness (QED) is 0.440. The molecule has 23 heavy (non-hydrogen) atoms. The molecule has 1 amide bonds. The molecule has 0 spiro atoms. The molecule has 0 aliphatic heterocycles. The third-order valence-corrected chi connectivity index (χ3v) is 4.83. The summed E-state index contributed by atoms with van der Waals surface area (Å²) in [5.41, 5.74) is 5.43. The van der Waals surface area contributed by atoms with Gasteiger partial charge in [0.1, 0.15) is 5.58 Å². The predicted octanol–water partition coefficient (Wildman–Crippen LogP) is 4.41. The van der Waals surface area contributed by atoms with Crippen LogP contribution in [0.1, 0.15) is 32.3 Å². The molecule has 3 rings (SSSR count). The van der Waals surface area contributed by atoms with Gasteiger partial charge in [0.05, 0.1) is 3.57 Å². The summed E-state index contributed by atoms with van der Waals surface area (Å²) < 4.78 is 9.11. The highest BCUT2D eigenvalue weighted by Gasteiger charge is 2.17. The number of benzene rings is 1. The van der Waals surface area contributed by atoms with E-state index in [1.807, 2.05) is 19.1 Å². The molecule has 1 N–H and O–H groups in total. The normalized spacial score (nSPS) is 11.0. The van der Waals surface area contributed by atoms with Gasteiger partial charge in [-0.15, -0.1) is 0 Å². The van der Waals surface area contributed by atoms with E-state index in [-0.39, 0.29) is 11.7 Å². The Morgan fingerprint density at radius 3 is 2.70 bits per heavy atom. The maximum absolute atomic E-state index is 12.5. The Balaban J connectivity index is 1.97. The third kappa shape index (κ3) is 2.94. The van der Waals surface area contributed by atoms with Gasteiger partial charge in [-0.1, -0.05) is 15.9 Å². The SMILES string of the molecule is Cc1cc(C=O)c(C)n1NC(=O)c1cc2cc(Br)cc(I)c2o1. The summed E-state index contributed by atoms with van der Waals surface area (Å²) in [6.07, 6.45) is 0.770. The Morgan fingerprint density at radius 1 is 1.30 bits per heavy atom. The van der Waals surface area contributed by atoms with Crippen LogP contribution in [0.3, 0.4) is 0 Å². The van der Waals surface area contributed by atoms with Crippen molar-refractivity contribution >= 4 is 61.7 Å². The first-order valence-electron chi connectivity index (χ1n) is 6.74. The van der Waals surface area contributed by atoms with Gasteiger partial charge in [-0.05, 0) is 60.7 Å². The predicted molar refractivity (Wildman–Crippen MR) is 99.6 cm³/mol. The fraction of sp³-hybridized carbons (Fsp3) is 0.125. The van der Waals surface area contributed by atoms with Crippen LogP contribution >= 0.6 is 38.5 Å². The van der Waals surface area contributed by atoms with Crippen LogP contribution in [0.2, 0.25) is 0 Å². The Labute approximate surface area is 154 Å². The van der Waals surface area contributed by atoms with Gasteiger partial charge in [0, 0.05) is 26.8 Å². The first kappa shape index (κ1) is 16.3. The molecular formula is C16H12BrIN2O3. The molecule has 0 atom stereocenters. The van der Waals surface area contributed by atoms with Crippen molar-refractivity contribution in [3.63, 3.8) is 0 Å². The van der Waals surface area contributed by atoms with Crippen molar-refractivity contribution in [3.05, 3.63) is 55.0 Å². The van der Waals surface area contributed by atoms with Crippen molar-refractivity contribution in [1.82, 2.24) is 4.68 Å². The molecule has 1 aromatic carbocycles. The Bertz CT molecular complexity index is 943. The van der Waals surface area contributed by atoms with E-state index in [0.717, 1.165) is 25.4 Å². The first-order valence-corrected chi connectivity index (χ1v) is 8.62. The molecule has 0 aliphatic rings. The minimum atomic E-state index is -0.368. The lowest BCUT2D eigenvalue weighted by Crippen LogP contribution is -2.24. The van der Waals surface area contributed by atoms with E-state index >= 15 is 0 Å². The number of aryl methyl sites for hydroxylation is 1. The molecule has 0 saturated carbocycles. The number of hydrogen-bond donors (Lipinski definition) is 1. The molecular weight excluding hydrogens is 475 g/mol. The van der Waals surface area contributed by atoms with Crippen molar-refractivity contribution in [3.8, 4) is 0 Å². The number of carbonyl (C=O) groups is 2. The van der Waals surface area contributed by atoms with E-state index in [4.69, 9.17) is 4.42 Å². The van der Waals surface area contributed by atoms with Crippen molar-refractivity contribution < 1.29 is 14.0 Å². The third-order valence-electron chi connectivity index (χ3n) is 3.57. The number of amides is 1. The molecule has 3 aromatic rings. The number of furan rings is 1. The summed E-state index contributed by atoms with van der Waals surface area (Å²) in [5, 5.41) is 0.850. The number of hydrogen-bond acceptors (Lipinski definition) is 3. The van der Waals surface area contributed by atoms with Gasteiger partial charge in [0.25, 0.3) is 0 Å². The van der Waals surface area contributed by atoms with E-state index in [1.165, 1.54) is 0 Å².